The lowest BCUT2D eigenvalue weighted by Gasteiger charge is -2.25. The number of rotatable bonds is 6. The SMILES string of the molecule is O=C(CSc1nnc(-c2ccccc2)n1Cc1ccco1)N1c2ccccc2CCc2ccccc21. The molecule has 0 bridgehead atoms. The smallest absolute Gasteiger partial charge is 0.242 e. The fraction of sp³-hybridized carbons (Fsp3) is 0.138. The molecule has 178 valence electrons. The highest BCUT2D eigenvalue weighted by atomic mass is 32.2. The van der Waals surface area contributed by atoms with Gasteiger partial charge in [0.25, 0.3) is 0 Å². The van der Waals surface area contributed by atoms with Crippen molar-refractivity contribution in [3.63, 3.8) is 0 Å². The molecular formula is C29H24N4O2S. The van der Waals surface area contributed by atoms with Crippen LogP contribution in [0.5, 0.6) is 0 Å². The largest absolute Gasteiger partial charge is 0.467 e. The van der Waals surface area contributed by atoms with Gasteiger partial charge in [-0.2, -0.15) is 0 Å². The molecule has 0 spiro atoms. The normalized spacial score (nSPS) is 12.6. The summed E-state index contributed by atoms with van der Waals surface area (Å²) in [6.07, 6.45) is 3.47. The summed E-state index contributed by atoms with van der Waals surface area (Å²) in [5, 5.41) is 9.61. The van der Waals surface area contributed by atoms with Crippen LogP contribution >= 0.6 is 11.8 Å². The van der Waals surface area contributed by atoms with Gasteiger partial charge in [0, 0.05) is 5.56 Å². The van der Waals surface area contributed by atoms with Gasteiger partial charge < -0.3 is 4.42 Å². The van der Waals surface area contributed by atoms with Crippen molar-refractivity contribution in [3.05, 3.63) is 114 Å². The number of fused-ring (bicyclic) bond motifs is 2. The van der Waals surface area contributed by atoms with Crippen molar-refractivity contribution in [2.75, 3.05) is 10.7 Å². The van der Waals surface area contributed by atoms with Gasteiger partial charge in [-0.1, -0.05) is 78.5 Å². The van der Waals surface area contributed by atoms with Crippen LogP contribution < -0.4 is 4.90 Å². The average molecular weight is 493 g/mol. The van der Waals surface area contributed by atoms with Crippen molar-refractivity contribution in [1.29, 1.82) is 0 Å². The summed E-state index contributed by atoms with van der Waals surface area (Å²) in [4.78, 5) is 15.7. The van der Waals surface area contributed by atoms with Crippen molar-refractivity contribution in [2.24, 2.45) is 0 Å². The number of anilines is 2. The van der Waals surface area contributed by atoms with Gasteiger partial charge in [0.05, 0.1) is 29.9 Å². The zero-order valence-electron chi connectivity index (χ0n) is 19.6. The van der Waals surface area contributed by atoms with Gasteiger partial charge in [-0.3, -0.25) is 14.3 Å². The molecule has 3 heterocycles. The van der Waals surface area contributed by atoms with Crippen LogP contribution in [0, 0.1) is 0 Å². The number of amides is 1. The number of thioether (sulfide) groups is 1. The van der Waals surface area contributed by atoms with Crippen LogP contribution in [0.4, 0.5) is 11.4 Å². The number of nitrogens with zero attached hydrogens (tertiary/aromatic N) is 4. The highest BCUT2D eigenvalue weighted by Gasteiger charge is 2.26. The number of aryl methyl sites for hydroxylation is 2. The number of carbonyl (C=O) groups excluding carboxylic acids is 1. The molecule has 0 saturated carbocycles. The van der Waals surface area contributed by atoms with E-state index in [-0.39, 0.29) is 11.7 Å². The third-order valence-electron chi connectivity index (χ3n) is 6.35. The first-order valence-electron chi connectivity index (χ1n) is 11.9. The quantitative estimate of drug-likeness (QED) is 0.266. The highest BCUT2D eigenvalue weighted by Crippen LogP contribution is 2.37. The Balaban J connectivity index is 1.32. The lowest BCUT2D eigenvalue weighted by Crippen LogP contribution is -2.28. The molecule has 6 nitrogen and oxygen atoms in total. The summed E-state index contributed by atoms with van der Waals surface area (Å²) in [7, 11) is 0. The summed E-state index contributed by atoms with van der Waals surface area (Å²) in [6, 6.07) is 30.1. The minimum Gasteiger partial charge on any atom is -0.467 e. The topological polar surface area (TPSA) is 64.2 Å². The van der Waals surface area contributed by atoms with Gasteiger partial charge in [-0.25, -0.2) is 0 Å². The van der Waals surface area contributed by atoms with E-state index in [0.717, 1.165) is 41.4 Å². The fourth-order valence-corrected chi connectivity index (χ4v) is 5.42. The molecular weight excluding hydrogens is 468 g/mol. The number of para-hydroxylation sites is 2. The monoisotopic (exact) mass is 492 g/mol. The van der Waals surface area contributed by atoms with Crippen LogP contribution in [0.2, 0.25) is 0 Å². The molecule has 2 aromatic heterocycles. The fourth-order valence-electron chi connectivity index (χ4n) is 4.64. The summed E-state index contributed by atoms with van der Waals surface area (Å²) in [5.41, 5.74) is 5.23. The Morgan fingerprint density at radius 2 is 1.47 bits per heavy atom. The maximum absolute atomic E-state index is 13.8. The van der Waals surface area contributed by atoms with E-state index in [0.29, 0.717) is 11.7 Å². The van der Waals surface area contributed by atoms with Gasteiger partial charge in [0.2, 0.25) is 5.91 Å². The molecule has 0 radical (unpaired) electrons. The van der Waals surface area contributed by atoms with Crippen molar-refractivity contribution in [1.82, 2.24) is 14.8 Å². The summed E-state index contributed by atoms with van der Waals surface area (Å²) in [5.74, 6) is 1.78. The Hall–Kier alpha value is -4.10. The molecule has 0 saturated heterocycles. The van der Waals surface area contributed by atoms with Crippen molar-refractivity contribution >= 4 is 29.0 Å². The van der Waals surface area contributed by atoms with Gasteiger partial charge >= 0.3 is 0 Å². The lowest BCUT2D eigenvalue weighted by atomic mass is 10.0. The van der Waals surface area contributed by atoms with E-state index in [9.17, 15) is 4.79 Å². The Kier molecular flexibility index (Phi) is 6.13. The van der Waals surface area contributed by atoms with Crippen LogP contribution in [-0.2, 0) is 24.2 Å². The van der Waals surface area contributed by atoms with Gasteiger partial charge in [-0.05, 0) is 48.2 Å². The molecule has 5 aromatic rings. The number of furan rings is 1. The highest BCUT2D eigenvalue weighted by molar-refractivity contribution is 7.99. The zero-order valence-corrected chi connectivity index (χ0v) is 20.4. The number of carbonyl (C=O) groups is 1. The van der Waals surface area contributed by atoms with Crippen molar-refractivity contribution in [2.45, 2.75) is 24.5 Å². The van der Waals surface area contributed by atoms with E-state index in [4.69, 9.17) is 4.42 Å². The Morgan fingerprint density at radius 3 is 2.14 bits per heavy atom. The number of hydrogen-bond donors (Lipinski definition) is 0. The molecule has 0 aliphatic carbocycles. The second kappa shape index (κ2) is 9.87. The Morgan fingerprint density at radius 1 is 0.806 bits per heavy atom. The minimum atomic E-state index is 0.00982. The second-order valence-electron chi connectivity index (χ2n) is 8.61. The van der Waals surface area contributed by atoms with Crippen LogP contribution in [0.1, 0.15) is 16.9 Å². The maximum Gasteiger partial charge on any atom is 0.242 e. The predicted octanol–water partition coefficient (Wildman–Crippen LogP) is 6.14. The molecule has 0 N–H and O–H groups in total. The summed E-state index contributed by atoms with van der Waals surface area (Å²) >= 11 is 1.40. The summed E-state index contributed by atoms with van der Waals surface area (Å²) in [6.45, 7) is 0.482. The Bertz CT molecular complexity index is 1450. The van der Waals surface area contributed by atoms with Crippen molar-refractivity contribution in [3.8, 4) is 11.4 Å². The molecule has 0 fully saturated rings. The molecule has 0 unspecified atom stereocenters. The van der Waals surface area contributed by atoms with E-state index >= 15 is 0 Å². The number of benzene rings is 3. The van der Waals surface area contributed by atoms with Crippen LogP contribution in [0.15, 0.2) is 107 Å². The minimum absolute atomic E-state index is 0.00982. The van der Waals surface area contributed by atoms with Crippen LogP contribution in [-0.4, -0.2) is 26.4 Å². The Labute approximate surface area is 213 Å². The predicted molar refractivity (Wildman–Crippen MR) is 141 cm³/mol. The van der Waals surface area contributed by atoms with Crippen LogP contribution in [0.25, 0.3) is 11.4 Å². The molecule has 7 heteroatoms. The van der Waals surface area contributed by atoms with E-state index in [1.165, 1.54) is 22.9 Å². The first-order valence-corrected chi connectivity index (χ1v) is 12.9. The van der Waals surface area contributed by atoms with Crippen LogP contribution in [0.3, 0.4) is 0 Å². The van der Waals surface area contributed by atoms with E-state index in [2.05, 4.69) is 22.3 Å². The first-order chi connectivity index (χ1) is 17.8. The molecule has 0 atom stereocenters. The van der Waals surface area contributed by atoms with Gasteiger partial charge in [0.1, 0.15) is 5.76 Å². The maximum atomic E-state index is 13.8. The lowest BCUT2D eigenvalue weighted by molar-refractivity contribution is -0.115. The first kappa shape index (κ1) is 22.4. The zero-order chi connectivity index (χ0) is 24.3. The van der Waals surface area contributed by atoms with Crippen molar-refractivity contribution < 1.29 is 9.21 Å². The molecule has 1 aliphatic rings. The molecule has 36 heavy (non-hydrogen) atoms. The van der Waals surface area contributed by atoms with E-state index in [1.807, 2.05) is 88.3 Å². The third kappa shape index (κ3) is 4.33. The molecule has 3 aromatic carbocycles. The average Bonchev–Trinajstić information content (AvgIpc) is 3.55. The number of hydrogen-bond acceptors (Lipinski definition) is 5. The summed E-state index contributed by atoms with van der Waals surface area (Å²) < 4.78 is 7.62. The molecule has 1 aliphatic heterocycles. The van der Waals surface area contributed by atoms with Gasteiger partial charge in [-0.15, -0.1) is 10.2 Å². The van der Waals surface area contributed by atoms with E-state index < -0.39 is 0 Å². The third-order valence-corrected chi connectivity index (χ3v) is 7.30. The van der Waals surface area contributed by atoms with Gasteiger partial charge in [0.15, 0.2) is 11.0 Å². The molecule has 1 amide bonds. The second-order valence-corrected chi connectivity index (χ2v) is 9.56. The van der Waals surface area contributed by atoms with E-state index in [1.54, 1.807) is 6.26 Å². The standard InChI is InChI=1S/C29H24N4O2S/c34-27(33-25-14-6-4-9-21(25)16-17-22-10-5-7-15-26(22)33)20-36-29-31-30-28(23-11-2-1-3-12-23)32(29)19-24-13-8-18-35-24/h1-15,18H,16-17,19-20H2. The molecule has 6 rings (SSSR count). The number of aromatic nitrogens is 3.